The Morgan fingerprint density at radius 1 is 1.07 bits per heavy atom. The molecule has 1 aliphatic rings. The number of carbonyl (C=O) groups excluding carboxylic acids is 2. The Hall–Kier alpha value is -2.66. The number of hydrogen-bond donors (Lipinski definition) is 2. The molecule has 1 fully saturated rings. The molecule has 0 aromatic heterocycles. The van der Waals surface area contributed by atoms with Gasteiger partial charge in [0.05, 0.1) is 0 Å². The molecule has 0 spiro atoms. The van der Waals surface area contributed by atoms with Gasteiger partial charge in [-0.1, -0.05) is 42.0 Å². The number of nitrogens with two attached hydrogens (primary N) is 1. The number of aryl methyl sites for hydroxylation is 1. The van der Waals surface area contributed by atoms with Crippen molar-refractivity contribution in [2.45, 2.75) is 26.2 Å². The van der Waals surface area contributed by atoms with Crippen molar-refractivity contribution in [3.05, 3.63) is 59.7 Å². The zero-order valence-electron chi connectivity index (χ0n) is 16.5. The predicted octanol–water partition coefficient (Wildman–Crippen LogP) is 2.98. The lowest BCUT2D eigenvalue weighted by atomic mass is 9.96. The molecule has 2 amide bonds. The molecule has 3 N–H and O–H groups in total. The van der Waals surface area contributed by atoms with Crippen molar-refractivity contribution in [3.63, 3.8) is 0 Å². The van der Waals surface area contributed by atoms with Gasteiger partial charge < -0.3 is 16.0 Å². The predicted molar refractivity (Wildman–Crippen MR) is 112 cm³/mol. The first-order valence-corrected chi connectivity index (χ1v) is 10.00. The second kappa shape index (κ2) is 9.51. The summed E-state index contributed by atoms with van der Waals surface area (Å²) in [7, 11) is 0. The van der Waals surface area contributed by atoms with Crippen molar-refractivity contribution in [1.29, 1.82) is 0 Å². The number of carbonyl (C=O) groups is 2. The van der Waals surface area contributed by atoms with E-state index in [9.17, 15) is 9.59 Å². The number of nitrogens with zero attached hydrogens (tertiary/aromatic N) is 1. The molecule has 5 heteroatoms. The average molecular weight is 380 g/mol. The number of benzene rings is 2. The minimum absolute atomic E-state index is 0.0248. The second-order valence-corrected chi connectivity index (χ2v) is 7.57. The first-order chi connectivity index (χ1) is 13.5. The van der Waals surface area contributed by atoms with E-state index in [2.05, 4.69) is 41.4 Å². The highest BCUT2D eigenvalue weighted by Crippen LogP contribution is 2.21. The van der Waals surface area contributed by atoms with E-state index in [0.29, 0.717) is 12.1 Å². The summed E-state index contributed by atoms with van der Waals surface area (Å²) >= 11 is 0. The summed E-state index contributed by atoms with van der Waals surface area (Å²) in [6.07, 6.45) is 2.58. The average Bonchev–Trinajstić information content (AvgIpc) is 2.72. The van der Waals surface area contributed by atoms with Crippen LogP contribution in [-0.4, -0.2) is 42.9 Å². The third kappa shape index (κ3) is 5.42. The quantitative estimate of drug-likeness (QED) is 0.726. The van der Waals surface area contributed by atoms with E-state index in [0.717, 1.165) is 50.0 Å². The van der Waals surface area contributed by atoms with Crippen LogP contribution in [0.1, 0.15) is 35.2 Å². The molecule has 3 rings (SSSR count). The van der Waals surface area contributed by atoms with Gasteiger partial charge in [0, 0.05) is 18.0 Å². The fourth-order valence-corrected chi connectivity index (χ4v) is 3.63. The molecular weight excluding hydrogens is 350 g/mol. The normalized spacial score (nSPS) is 15.3. The Bertz CT molecular complexity index is 809. The molecule has 28 heavy (non-hydrogen) atoms. The summed E-state index contributed by atoms with van der Waals surface area (Å²) in [4.78, 5) is 26.0. The lowest BCUT2D eigenvalue weighted by Gasteiger charge is -2.30. The van der Waals surface area contributed by atoms with Gasteiger partial charge in [0.25, 0.3) is 5.91 Å². The summed E-state index contributed by atoms with van der Waals surface area (Å²) in [5, 5.41) is 3.01. The van der Waals surface area contributed by atoms with Gasteiger partial charge >= 0.3 is 0 Å². The number of primary amides is 1. The van der Waals surface area contributed by atoms with Crippen molar-refractivity contribution in [2.75, 3.05) is 26.2 Å². The molecular formula is C23H29N3O2. The maximum Gasteiger partial charge on any atom is 0.251 e. The van der Waals surface area contributed by atoms with Gasteiger partial charge in [0.2, 0.25) is 5.91 Å². The number of nitrogens with one attached hydrogen (secondary N) is 1. The fourth-order valence-electron chi connectivity index (χ4n) is 3.63. The van der Waals surface area contributed by atoms with Crippen LogP contribution in [0.5, 0.6) is 0 Å². The molecule has 1 saturated heterocycles. The Morgan fingerprint density at radius 3 is 2.46 bits per heavy atom. The summed E-state index contributed by atoms with van der Waals surface area (Å²) in [5.74, 6) is -0.196. The highest BCUT2D eigenvalue weighted by molar-refractivity contribution is 5.95. The molecule has 0 aliphatic carbocycles. The van der Waals surface area contributed by atoms with Crippen LogP contribution in [0, 0.1) is 12.8 Å². The smallest absolute Gasteiger partial charge is 0.251 e. The van der Waals surface area contributed by atoms with Gasteiger partial charge in [0.1, 0.15) is 0 Å². The number of rotatable bonds is 7. The van der Waals surface area contributed by atoms with Crippen molar-refractivity contribution >= 4 is 11.8 Å². The highest BCUT2D eigenvalue weighted by Gasteiger charge is 2.22. The Labute approximate surface area is 166 Å². The number of likely N-dealkylation sites (tertiary alicyclic amines) is 1. The van der Waals surface area contributed by atoms with Crippen LogP contribution in [0.15, 0.2) is 48.5 Å². The van der Waals surface area contributed by atoms with Crippen LogP contribution in [-0.2, 0) is 4.79 Å². The van der Waals surface area contributed by atoms with Crippen LogP contribution in [0.2, 0.25) is 0 Å². The van der Waals surface area contributed by atoms with E-state index in [1.54, 1.807) is 0 Å². The highest BCUT2D eigenvalue weighted by atomic mass is 16.2. The van der Waals surface area contributed by atoms with Gasteiger partial charge in [-0.2, -0.15) is 0 Å². The summed E-state index contributed by atoms with van der Waals surface area (Å²) < 4.78 is 0. The second-order valence-electron chi connectivity index (χ2n) is 7.57. The first kappa shape index (κ1) is 20.1. The molecule has 0 radical (unpaired) electrons. The maximum absolute atomic E-state index is 12.5. The lowest BCUT2D eigenvalue weighted by molar-refractivity contribution is -0.123. The fraction of sp³-hybridized carbons (Fsp3) is 0.391. The van der Waals surface area contributed by atoms with Gasteiger partial charge in [-0.25, -0.2) is 0 Å². The Balaban J connectivity index is 1.45. The van der Waals surface area contributed by atoms with E-state index in [1.165, 1.54) is 5.56 Å². The molecule has 1 aliphatic heterocycles. The van der Waals surface area contributed by atoms with Crippen LogP contribution in [0.25, 0.3) is 11.1 Å². The molecule has 2 aromatic rings. The zero-order chi connectivity index (χ0) is 19.9. The number of amides is 2. The molecule has 148 valence electrons. The molecule has 0 saturated carbocycles. The van der Waals surface area contributed by atoms with Gasteiger partial charge in [-0.15, -0.1) is 0 Å². The lowest BCUT2D eigenvalue weighted by Crippen LogP contribution is -2.39. The van der Waals surface area contributed by atoms with Crippen LogP contribution >= 0.6 is 0 Å². The number of hydrogen-bond acceptors (Lipinski definition) is 3. The van der Waals surface area contributed by atoms with Gasteiger partial charge in [0.15, 0.2) is 0 Å². The molecule has 2 aromatic carbocycles. The molecule has 0 bridgehead atoms. The van der Waals surface area contributed by atoms with E-state index in [-0.39, 0.29) is 17.7 Å². The van der Waals surface area contributed by atoms with E-state index >= 15 is 0 Å². The topological polar surface area (TPSA) is 75.4 Å². The van der Waals surface area contributed by atoms with Crippen molar-refractivity contribution in [1.82, 2.24) is 10.2 Å². The summed E-state index contributed by atoms with van der Waals surface area (Å²) in [6, 6.07) is 16.0. The summed E-state index contributed by atoms with van der Waals surface area (Å²) in [5.41, 5.74) is 9.43. The van der Waals surface area contributed by atoms with Crippen molar-refractivity contribution < 1.29 is 9.59 Å². The number of piperidine rings is 1. The zero-order valence-corrected chi connectivity index (χ0v) is 16.5. The van der Waals surface area contributed by atoms with Gasteiger partial charge in [-0.05, 0) is 69.1 Å². The largest absolute Gasteiger partial charge is 0.369 e. The van der Waals surface area contributed by atoms with E-state index in [1.807, 2.05) is 24.3 Å². The Kier molecular flexibility index (Phi) is 6.82. The molecule has 1 heterocycles. The summed E-state index contributed by atoms with van der Waals surface area (Å²) in [6.45, 7) is 5.44. The molecule has 5 nitrogen and oxygen atoms in total. The standard InChI is InChI=1S/C23H29N3O2/c1-17-6-8-18(9-7-17)20-4-2-5-21(16-20)23(28)25-12-3-13-26-14-10-19(11-15-26)22(24)27/h2,4-9,16,19H,3,10-15H2,1H3,(H2,24,27)(H,25,28). The van der Waals surface area contributed by atoms with Crippen LogP contribution in [0.4, 0.5) is 0 Å². The minimum Gasteiger partial charge on any atom is -0.369 e. The first-order valence-electron chi connectivity index (χ1n) is 10.00. The third-order valence-corrected chi connectivity index (χ3v) is 5.44. The molecule has 0 unspecified atom stereocenters. The maximum atomic E-state index is 12.5. The Morgan fingerprint density at radius 2 is 1.79 bits per heavy atom. The van der Waals surface area contributed by atoms with Crippen molar-refractivity contribution in [2.24, 2.45) is 11.7 Å². The van der Waals surface area contributed by atoms with E-state index in [4.69, 9.17) is 5.73 Å². The van der Waals surface area contributed by atoms with Gasteiger partial charge in [-0.3, -0.25) is 9.59 Å². The van der Waals surface area contributed by atoms with Crippen molar-refractivity contribution in [3.8, 4) is 11.1 Å². The monoisotopic (exact) mass is 379 g/mol. The molecule has 0 atom stereocenters. The van der Waals surface area contributed by atoms with E-state index < -0.39 is 0 Å². The minimum atomic E-state index is -0.181. The third-order valence-electron chi connectivity index (χ3n) is 5.44. The van der Waals surface area contributed by atoms with Crippen LogP contribution in [0.3, 0.4) is 0 Å². The SMILES string of the molecule is Cc1ccc(-c2cccc(C(=O)NCCCN3CCC(C(N)=O)CC3)c2)cc1. The van der Waals surface area contributed by atoms with Crippen LogP contribution < -0.4 is 11.1 Å².